The molecule has 2 aromatic rings. The van der Waals surface area contributed by atoms with Crippen molar-refractivity contribution in [1.82, 2.24) is 5.32 Å². The molecule has 0 saturated carbocycles. The molecule has 0 fully saturated rings. The highest BCUT2D eigenvalue weighted by molar-refractivity contribution is 6.35. The van der Waals surface area contributed by atoms with Crippen molar-refractivity contribution in [3.05, 3.63) is 62.1 Å². The molecule has 2 aromatic carbocycles. The maximum Gasteiger partial charge on any atom is 0.137 e. The van der Waals surface area contributed by atoms with Gasteiger partial charge in [0.2, 0.25) is 0 Å². The summed E-state index contributed by atoms with van der Waals surface area (Å²) in [6.07, 6.45) is 1.76. The molecule has 1 aliphatic heterocycles. The summed E-state index contributed by atoms with van der Waals surface area (Å²) in [5, 5.41) is 5.55. The maximum absolute atomic E-state index is 6.30. The Morgan fingerprint density at radius 2 is 1.95 bits per heavy atom. The van der Waals surface area contributed by atoms with Crippen LogP contribution >= 0.6 is 34.8 Å². The van der Waals surface area contributed by atoms with E-state index >= 15 is 0 Å². The van der Waals surface area contributed by atoms with Crippen LogP contribution in [0.4, 0.5) is 0 Å². The van der Waals surface area contributed by atoms with Crippen LogP contribution in [-0.4, -0.2) is 13.7 Å². The topological polar surface area (TPSA) is 21.3 Å². The van der Waals surface area contributed by atoms with Gasteiger partial charge in [0.15, 0.2) is 0 Å². The van der Waals surface area contributed by atoms with E-state index < -0.39 is 0 Å². The van der Waals surface area contributed by atoms with Gasteiger partial charge in [-0.25, -0.2) is 0 Å². The Balaban J connectivity index is 1.94. The van der Waals surface area contributed by atoms with Gasteiger partial charge >= 0.3 is 0 Å². The first kappa shape index (κ1) is 15.9. The molecule has 22 heavy (non-hydrogen) atoms. The van der Waals surface area contributed by atoms with Gasteiger partial charge in [0.1, 0.15) is 5.75 Å². The summed E-state index contributed by atoms with van der Waals surface area (Å²) >= 11 is 18.5. The Bertz CT molecular complexity index is 703. The summed E-state index contributed by atoms with van der Waals surface area (Å²) in [5.74, 6) is 0.705. The lowest BCUT2D eigenvalue weighted by Gasteiger charge is -2.28. The Morgan fingerprint density at radius 3 is 2.68 bits per heavy atom. The van der Waals surface area contributed by atoms with Gasteiger partial charge in [0.25, 0.3) is 0 Å². The minimum Gasteiger partial charge on any atom is -0.495 e. The van der Waals surface area contributed by atoms with Gasteiger partial charge in [-0.3, -0.25) is 0 Å². The molecule has 1 heterocycles. The fourth-order valence-electron chi connectivity index (χ4n) is 2.89. The first-order valence-electron chi connectivity index (χ1n) is 7.12. The van der Waals surface area contributed by atoms with Crippen LogP contribution in [0.15, 0.2) is 30.3 Å². The predicted molar refractivity (Wildman–Crippen MR) is 92.6 cm³/mol. The van der Waals surface area contributed by atoms with Crippen LogP contribution in [0.1, 0.15) is 22.7 Å². The number of rotatable bonds is 3. The number of benzene rings is 2. The van der Waals surface area contributed by atoms with Gasteiger partial charge in [0, 0.05) is 16.1 Å². The number of fused-ring (bicyclic) bond motifs is 1. The minimum atomic E-state index is 0.189. The maximum atomic E-state index is 6.30. The van der Waals surface area contributed by atoms with Crippen LogP contribution in [0, 0.1) is 0 Å². The minimum absolute atomic E-state index is 0.189. The molecule has 5 heteroatoms. The molecule has 1 aliphatic rings. The molecule has 0 spiro atoms. The third-order valence-electron chi connectivity index (χ3n) is 4.01. The molecule has 3 rings (SSSR count). The zero-order valence-electron chi connectivity index (χ0n) is 12.1. The van der Waals surface area contributed by atoms with Gasteiger partial charge in [0.05, 0.1) is 12.1 Å². The fourth-order valence-corrected chi connectivity index (χ4v) is 3.64. The molecule has 2 nitrogen and oxygen atoms in total. The van der Waals surface area contributed by atoms with Crippen molar-refractivity contribution in [2.75, 3.05) is 13.7 Å². The van der Waals surface area contributed by atoms with E-state index in [0.29, 0.717) is 20.8 Å². The standard InChI is InChI=1S/C17H16Cl3NO/c1-22-17-9-13-10(6-15(17)20)4-5-21-16(13)7-11-2-3-12(18)8-14(11)19/h2-3,6,8-9,16,21H,4-5,7H2,1H3. The molecule has 0 aromatic heterocycles. The molecule has 1 unspecified atom stereocenters. The molecule has 1 atom stereocenters. The lowest BCUT2D eigenvalue weighted by atomic mass is 9.90. The molecule has 1 N–H and O–H groups in total. The van der Waals surface area contributed by atoms with Gasteiger partial charge in [-0.05, 0) is 60.3 Å². The first-order chi connectivity index (χ1) is 10.6. The Hall–Kier alpha value is -0.930. The summed E-state index contributed by atoms with van der Waals surface area (Å²) in [4.78, 5) is 0. The summed E-state index contributed by atoms with van der Waals surface area (Å²) in [6.45, 7) is 0.922. The molecule has 0 saturated heterocycles. The third kappa shape index (κ3) is 3.21. The Kier molecular flexibility index (Phi) is 4.84. The van der Waals surface area contributed by atoms with Crippen LogP contribution in [0.25, 0.3) is 0 Å². The van der Waals surface area contributed by atoms with Crippen molar-refractivity contribution in [3.8, 4) is 5.75 Å². The molecular weight excluding hydrogens is 341 g/mol. The van der Waals surface area contributed by atoms with Gasteiger partial charge in [-0.1, -0.05) is 40.9 Å². The van der Waals surface area contributed by atoms with Gasteiger partial charge in [-0.2, -0.15) is 0 Å². The predicted octanol–water partition coefficient (Wildman–Crippen LogP) is 5.08. The van der Waals surface area contributed by atoms with Gasteiger partial charge < -0.3 is 10.1 Å². The van der Waals surface area contributed by atoms with E-state index in [0.717, 1.165) is 24.9 Å². The molecule has 116 valence electrons. The lowest BCUT2D eigenvalue weighted by molar-refractivity contribution is 0.411. The highest BCUT2D eigenvalue weighted by Crippen LogP contribution is 2.35. The normalized spacial score (nSPS) is 17.2. The van der Waals surface area contributed by atoms with Gasteiger partial charge in [-0.15, -0.1) is 0 Å². The lowest BCUT2D eigenvalue weighted by Crippen LogP contribution is -2.31. The van der Waals surface area contributed by atoms with E-state index in [-0.39, 0.29) is 6.04 Å². The zero-order valence-corrected chi connectivity index (χ0v) is 14.4. The van der Waals surface area contributed by atoms with Crippen molar-refractivity contribution in [2.45, 2.75) is 18.9 Å². The highest BCUT2D eigenvalue weighted by atomic mass is 35.5. The van der Waals surface area contributed by atoms with Crippen LogP contribution in [0.2, 0.25) is 15.1 Å². The van der Waals surface area contributed by atoms with E-state index in [1.165, 1.54) is 11.1 Å². The summed E-state index contributed by atoms with van der Waals surface area (Å²) in [6, 6.07) is 9.85. The van der Waals surface area contributed by atoms with Crippen LogP contribution in [0.3, 0.4) is 0 Å². The third-order valence-corrected chi connectivity index (χ3v) is 4.90. The van der Waals surface area contributed by atoms with Crippen molar-refractivity contribution in [1.29, 1.82) is 0 Å². The second-order valence-electron chi connectivity index (χ2n) is 5.38. The second-order valence-corrected chi connectivity index (χ2v) is 6.63. The molecule has 0 radical (unpaired) electrons. The van der Waals surface area contributed by atoms with Crippen molar-refractivity contribution in [3.63, 3.8) is 0 Å². The molecule has 0 amide bonds. The molecule has 0 aliphatic carbocycles. The van der Waals surface area contributed by atoms with E-state index in [4.69, 9.17) is 39.5 Å². The summed E-state index contributed by atoms with van der Waals surface area (Å²) in [5.41, 5.74) is 3.56. The SMILES string of the molecule is COc1cc2c(cc1Cl)CCNC2Cc1ccc(Cl)cc1Cl. The van der Waals surface area contributed by atoms with Crippen molar-refractivity contribution < 1.29 is 4.74 Å². The van der Waals surface area contributed by atoms with Crippen molar-refractivity contribution >= 4 is 34.8 Å². The smallest absolute Gasteiger partial charge is 0.137 e. The number of nitrogens with one attached hydrogen (secondary N) is 1. The number of ether oxygens (including phenoxy) is 1. The van der Waals surface area contributed by atoms with E-state index in [1.54, 1.807) is 13.2 Å². The Labute approximate surface area is 145 Å². The van der Waals surface area contributed by atoms with E-state index in [9.17, 15) is 0 Å². The average Bonchev–Trinajstić information content (AvgIpc) is 2.49. The number of methoxy groups -OCH3 is 1. The second kappa shape index (κ2) is 6.67. The van der Waals surface area contributed by atoms with Crippen molar-refractivity contribution in [2.24, 2.45) is 0 Å². The zero-order chi connectivity index (χ0) is 15.7. The van der Waals surface area contributed by atoms with Crippen LogP contribution < -0.4 is 10.1 Å². The first-order valence-corrected chi connectivity index (χ1v) is 8.25. The van der Waals surface area contributed by atoms with Crippen LogP contribution in [-0.2, 0) is 12.8 Å². The van der Waals surface area contributed by atoms with E-state index in [2.05, 4.69) is 5.32 Å². The molecular formula is C17H16Cl3NO. The Morgan fingerprint density at radius 1 is 1.14 bits per heavy atom. The number of hydrogen-bond acceptors (Lipinski definition) is 2. The fraction of sp³-hybridized carbons (Fsp3) is 0.294. The highest BCUT2D eigenvalue weighted by Gasteiger charge is 2.22. The monoisotopic (exact) mass is 355 g/mol. The number of halogens is 3. The number of hydrogen-bond donors (Lipinski definition) is 1. The van der Waals surface area contributed by atoms with E-state index in [1.807, 2.05) is 24.3 Å². The largest absolute Gasteiger partial charge is 0.495 e. The van der Waals surface area contributed by atoms with Crippen LogP contribution in [0.5, 0.6) is 5.75 Å². The summed E-state index contributed by atoms with van der Waals surface area (Å²) < 4.78 is 5.35. The quantitative estimate of drug-likeness (QED) is 0.827. The average molecular weight is 357 g/mol. The molecule has 0 bridgehead atoms. The summed E-state index contributed by atoms with van der Waals surface area (Å²) in [7, 11) is 1.63.